The zero-order chi connectivity index (χ0) is 20.0. The van der Waals surface area contributed by atoms with Crippen LogP contribution in [0, 0.1) is 0 Å². The first-order chi connectivity index (χ1) is 12.8. The number of halogens is 3. The molecule has 8 heteroatoms. The van der Waals surface area contributed by atoms with Crippen molar-refractivity contribution >= 4 is 11.5 Å². The Kier molecular flexibility index (Phi) is 6.87. The van der Waals surface area contributed by atoms with Gasteiger partial charge in [-0.1, -0.05) is 26.0 Å². The van der Waals surface area contributed by atoms with Gasteiger partial charge in [-0.15, -0.1) is 0 Å². The summed E-state index contributed by atoms with van der Waals surface area (Å²) in [5, 5.41) is 0. The third-order valence-corrected chi connectivity index (χ3v) is 3.93. The first-order valence-electron chi connectivity index (χ1n) is 8.84. The molecule has 1 unspecified atom stereocenters. The topological polar surface area (TPSA) is 47.5 Å². The molecule has 0 fully saturated rings. The summed E-state index contributed by atoms with van der Waals surface area (Å²) in [7, 11) is 1.51. The highest BCUT2D eigenvalue weighted by Gasteiger charge is 2.37. The third kappa shape index (κ3) is 5.24. The summed E-state index contributed by atoms with van der Waals surface area (Å²) in [5.41, 5.74) is -0.462. The maximum atomic E-state index is 13.5. The van der Waals surface area contributed by atoms with Gasteiger partial charge in [0.15, 0.2) is 5.82 Å². The molecule has 1 atom stereocenters. The van der Waals surface area contributed by atoms with E-state index in [1.54, 1.807) is 24.3 Å². The van der Waals surface area contributed by atoms with E-state index < -0.39 is 11.7 Å². The fraction of sp³-hybridized carbons (Fsp3) is 0.474. The van der Waals surface area contributed by atoms with Crippen molar-refractivity contribution in [2.24, 2.45) is 0 Å². The molecule has 2 aromatic rings. The molecule has 0 amide bonds. The number of anilines is 2. The van der Waals surface area contributed by atoms with E-state index in [9.17, 15) is 13.2 Å². The van der Waals surface area contributed by atoms with Gasteiger partial charge in [0.25, 0.3) is 0 Å². The SMILES string of the molecule is CCCOc1ncc(C(F)(F)F)c(N(C)c2ccccc2OC(C)CC)n1. The Labute approximate surface area is 157 Å². The molecule has 0 bridgehead atoms. The lowest BCUT2D eigenvalue weighted by Gasteiger charge is -2.25. The van der Waals surface area contributed by atoms with Gasteiger partial charge in [-0.3, -0.25) is 0 Å². The third-order valence-electron chi connectivity index (χ3n) is 3.93. The Bertz CT molecular complexity index is 753. The Morgan fingerprint density at radius 2 is 1.89 bits per heavy atom. The minimum atomic E-state index is -4.60. The van der Waals surface area contributed by atoms with Crippen molar-refractivity contribution in [2.45, 2.75) is 45.9 Å². The molecule has 1 aromatic heterocycles. The monoisotopic (exact) mass is 383 g/mol. The van der Waals surface area contributed by atoms with E-state index in [2.05, 4.69) is 9.97 Å². The molecule has 0 saturated carbocycles. The van der Waals surface area contributed by atoms with Crippen LogP contribution in [0.1, 0.15) is 39.2 Å². The van der Waals surface area contributed by atoms with Crippen molar-refractivity contribution in [3.63, 3.8) is 0 Å². The van der Waals surface area contributed by atoms with E-state index >= 15 is 0 Å². The number of benzene rings is 1. The normalized spacial score (nSPS) is 12.6. The van der Waals surface area contributed by atoms with Crippen molar-refractivity contribution in [1.82, 2.24) is 9.97 Å². The Morgan fingerprint density at radius 1 is 1.19 bits per heavy atom. The van der Waals surface area contributed by atoms with Crippen LogP contribution in [0.4, 0.5) is 24.7 Å². The molecule has 0 aliphatic rings. The van der Waals surface area contributed by atoms with Gasteiger partial charge in [0.2, 0.25) is 0 Å². The van der Waals surface area contributed by atoms with Crippen LogP contribution in [0.3, 0.4) is 0 Å². The fourth-order valence-corrected chi connectivity index (χ4v) is 2.32. The lowest BCUT2D eigenvalue weighted by atomic mass is 10.2. The summed E-state index contributed by atoms with van der Waals surface area (Å²) in [5.74, 6) is 0.195. The van der Waals surface area contributed by atoms with Gasteiger partial charge in [0.1, 0.15) is 11.3 Å². The van der Waals surface area contributed by atoms with E-state index in [0.29, 0.717) is 24.5 Å². The molecule has 0 saturated heterocycles. The summed E-state index contributed by atoms with van der Waals surface area (Å²) in [6.07, 6.45) is -2.45. The van der Waals surface area contributed by atoms with Crippen molar-refractivity contribution in [3.8, 4) is 11.8 Å². The Hall–Kier alpha value is -2.51. The van der Waals surface area contributed by atoms with Crippen molar-refractivity contribution < 1.29 is 22.6 Å². The Balaban J connectivity index is 2.49. The number of nitrogens with zero attached hydrogens (tertiary/aromatic N) is 3. The van der Waals surface area contributed by atoms with Crippen LogP contribution in [0.25, 0.3) is 0 Å². The van der Waals surface area contributed by atoms with Gasteiger partial charge >= 0.3 is 12.2 Å². The maximum Gasteiger partial charge on any atom is 0.421 e. The second-order valence-corrected chi connectivity index (χ2v) is 6.10. The second kappa shape index (κ2) is 8.92. The van der Waals surface area contributed by atoms with Crippen LogP contribution in [-0.4, -0.2) is 29.7 Å². The van der Waals surface area contributed by atoms with Gasteiger partial charge in [0.05, 0.1) is 18.4 Å². The molecule has 0 radical (unpaired) electrons. The summed E-state index contributed by atoms with van der Waals surface area (Å²) in [6, 6.07) is 6.83. The summed E-state index contributed by atoms with van der Waals surface area (Å²) >= 11 is 0. The molecule has 1 aromatic carbocycles. The van der Waals surface area contributed by atoms with Crippen LogP contribution in [-0.2, 0) is 6.18 Å². The second-order valence-electron chi connectivity index (χ2n) is 6.10. The maximum absolute atomic E-state index is 13.5. The van der Waals surface area contributed by atoms with Crippen LogP contribution in [0.2, 0.25) is 0 Å². The molecular weight excluding hydrogens is 359 g/mol. The van der Waals surface area contributed by atoms with Gasteiger partial charge in [-0.25, -0.2) is 4.98 Å². The lowest BCUT2D eigenvalue weighted by Crippen LogP contribution is -2.21. The number of aromatic nitrogens is 2. The number of hydrogen-bond acceptors (Lipinski definition) is 5. The van der Waals surface area contributed by atoms with E-state index in [0.717, 1.165) is 12.6 Å². The average Bonchev–Trinajstić information content (AvgIpc) is 2.65. The smallest absolute Gasteiger partial charge is 0.421 e. The molecule has 1 heterocycles. The number of rotatable bonds is 8. The fourth-order valence-electron chi connectivity index (χ4n) is 2.32. The van der Waals surface area contributed by atoms with Crippen LogP contribution in [0.5, 0.6) is 11.8 Å². The number of alkyl halides is 3. The van der Waals surface area contributed by atoms with Gasteiger partial charge < -0.3 is 14.4 Å². The van der Waals surface area contributed by atoms with Crippen LogP contribution >= 0.6 is 0 Å². The summed E-state index contributed by atoms with van der Waals surface area (Å²) in [4.78, 5) is 9.05. The molecule has 27 heavy (non-hydrogen) atoms. The van der Waals surface area contributed by atoms with Crippen molar-refractivity contribution in [2.75, 3.05) is 18.6 Å². The van der Waals surface area contributed by atoms with Crippen LogP contribution < -0.4 is 14.4 Å². The number of hydrogen-bond donors (Lipinski definition) is 0. The molecule has 0 aliphatic heterocycles. The highest BCUT2D eigenvalue weighted by atomic mass is 19.4. The predicted octanol–water partition coefficient (Wildman–Crippen LogP) is 5.23. The van der Waals surface area contributed by atoms with Crippen molar-refractivity contribution in [3.05, 3.63) is 36.0 Å². The Morgan fingerprint density at radius 3 is 2.52 bits per heavy atom. The van der Waals surface area contributed by atoms with Gasteiger partial charge in [-0.2, -0.15) is 18.2 Å². The molecule has 2 rings (SSSR count). The van der Waals surface area contributed by atoms with Crippen molar-refractivity contribution in [1.29, 1.82) is 0 Å². The molecule has 148 valence electrons. The summed E-state index contributed by atoms with van der Waals surface area (Å²) < 4.78 is 51.7. The molecule has 0 aliphatic carbocycles. The number of ether oxygens (including phenoxy) is 2. The minimum Gasteiger partial charge on any atom is -0.489 e. The van der Waals surface area contributed by atoms with Crippen LogP contribution in [0.15, 0.2) is 30.5 Å². The first-order valence-corrected chi connectivity index (χ1v) is 8.84. The zero-order valence-electron chi connectivity index (χ0n) is 15.9. The quantitative estimate of drug-likeness (QED) is 0.625. The predicted molar refractivity (Wildman–Crippen MR) is 97.7 cm³/mol. The molecule has 5 nitrogen and oxygen atoms in total. The van der Waals surface area contributed by atoms with E-state index in [1.165, 1.54) is 11.9 Å². The zero-order valence-corrected chi connectivity index (χ0v) is 15.9. The van der Waals surface area contributed by atoms with E-state index in [1.807, 2.05) is 20.8 Å². The van der Waals surface area contributed by atoms with E-state index in [4.69, 9.17) is 9.47 Å². The molecular formula is C19H24F3N3O2. The molecule has 0 N–H and O–H groups in total. The van der Waals surface area contributed by atoms with E-state index in [-0.39, 0.29) is 17.9 Å². The average molecular weight is 383 g/mol. The van der Waals surface area contributed by atoms with Gasteiger partial charge in [0, 0.05) is 13.2 Å². The largest absolute Gasteiger partial charge is 0.489 e. The number of para-hydroxylation sites is 2. The minimum absolute atomic E-state index is 0.0736. The van der Waals surface area contributed by atoms with Gasteiger partial charge in [-0.05, 0) is 31.9 Å². The first kappa shape index (κ1) is 20.8. The highest BCUT2D eigenvalue weighted by molar-refractivity contribution is 5.68. The highest BCUT2D eigenvalue weighted by Crippen LogP contribution is 2.40. The molecule has 0 spiro atoms. The standard InChI is InChI=1S/C19H24F3N3O2/c1-5-11-26-18-23-12-14(19(20,21)22)17(24-18)25(4)15-9-7-8-10-16(15)27-13(3)6-2/h7-10,12-13H,5-6,11H2,1-4H3. The lowest BCUT2D eigenvalue weighted by molar-refractivity contribution is -0.137. The summed E-state index contributed by atoms with van der Waals surface area (Å²) in [6.45, 7) is 6.08.